The first kappa shape index (κ1) is 21.1. The number of amides is 2. The first-order valence-electron chi connectivity index (χ1n) is 9.08. The van der Waals surface area contributed by atoms with Crippen LogP contribution in [0.2, 0.25) is 0 Å². The van der Waals surface area contributed by atoms with Crippen molar-refractivity contribution in [3.63, 3.8) is 0 Å². The molecule has 0 fully saturated rings. The molecule has 0 unspecified atom stereocenters. The molecule has 2 N–H and O–H groups in total. The van der Waals surface area contributed by atoms with Crippen molar-refractivity contribution in [2.75, 3.05) is 13.7 Å². The summed E-state index contributed by atoms with van der Waals surface area (Å²) in [6, 6.07) is 12.3. The summed E-state index contributed by atoms with van der Waals surface area (Å²) >= 11 is 0. The van der Waals surface area contributed by atoms with Crippen molar-refractivity contribution >= 4 is 11.8 Å². The maximum atomic E-state index is 12.2. The van der Waals surface area contributed by atoms with Crippen LogP contribution in [0.5, 0.6) is 17.2 Å². The van der Waals surface area contributed by atoms with Gasteiger partial charge >= 0.3 is 0 Å². The van der Waals surface area contributed by atoms with Crippen LogP contribution in [0.15, 0.2) is 42.5 Å². The van der Waals surface area contributed by atoms with Crippen molar-refractivity contribution in [2.45, 2.75) is 33.3 Å². The summed E-state index contributed by atoms with van der Waals surface area (Å²) in [5.74, 6) is 0.636. The fraction of sp³-hybridized carbons (Fsp3) is 0.333. The Morgan fingerprint density at radius 3 is 2.50 bits per heavy atom. The summed E-state index contributed by atoms with van der Waals surface area (Å²) < 4.78 is 16.3. The second-order valence-electron chi connectivity index (χ2n) is 6.32. The number of nitrogens with one attached hydrogen (secondary N) is 2. The molecule has 0 aliphatic carbocycles. The van der Waals surface area contributed by atoms with Gasteiger partial charge in [-0.05, 0) is 56.2 Å². The molecule has 7 nitrogen and oxygen atoms in total. The van der Waals surface area contributed by atoms with E-state index >= 15 is 0 Å². The van der Waals surface area contributed by atoms with Crippen LogP contribution in [0.25, 0.3) is 0 Å². The molecule has 0 bridgehead atoms. The summed E-state index contributed by atoms with van der Waals surface area (Å²) in [4.78, 5) is 24.2. The molecule has 150 valence electrons. The molecule has 0 radical (unpaired) electrons. The number of benzene rings is 2. The molecule has 0 heterocycles. The zero-order chi connectivity index (χ0) is 20.5. The van der Waals surface area contributed by atoms with Crippen molar-refractivity contribution in [3.05, 3.63) is 53.6 Å². The van der Waals surface area contributed by atoms with E-state index in [2.05, 4.69) is 10.9 Å². The maximum absolute atomic E-state index is 12.2. The van der Waals surface area contributed by atoms with Gasteiger partial charge in [-0.15, -0.1) is 0 Å². The van der Waals surface area contributed by atoms with Crippen LogP contribution in [0.3, 0.4) is 0 Å². The van der Waals surface area contributed by atoms with E-state index in [0.717, 1.165) is 12.0 Å². The Balaban J connectivity index is 1.87. The molecule has 0 saturated heterocycles. The van der Waals surface area contributed by atoms with E-state index in [-0.39, 0.29) is 12.7 Å². The Kier molecular flexibility index (Phi) is 7.68. The Bertz CT molecular complexity index is 820. The highest BCUT2D eigenvalue weighted by molar-refractivity contribution is 5.96. The van der Waals surface area contributed by atoms with Gasteiger partial charge in [0, 0.05) is 5.56 Å². The standard InChI is InChI=1S/C21H26N2O5/c1-5-15-7-6-8-17(11-15)27-13-20(24)22-23-21(25)16-9-10-18(28-14(2)3)19(12-16)26-4/h6-12,14H,5,13H2,1-4H3,(H,22,24)(H,23,25). The normalized spacial score (nSPS) is 10.3. The number of methoxy groups -OCH3 is 1. The molecular formula is C21H26N2O5. The molecule has 0 aliphatic heterocycles. The van der Waals surface area contributed by atoms with Gasteiger partial charge < -0.3 is 14.2 Å². The summed E-state index contributed by atoms with van der Waals surface area (Å²) in [6.07, 6.45) is 0.857. The van der Waals surface area contributed by atoms with Gasteiger partial charge in [0.2, 0.25) is 0 Å². The number of rotatable bonds is 8. The lowest BCUT2D eigenvalue weighted by molar-refractivity contribution is -0.123. The highest BCUT2D eigenvalue weighted by atomic mass is 16.5. The molecule has 0 aromatic heterocycles. The van der Waals surface area contributed by atoms with Crippen LogP contribution in [-0.2, 0) is 11.2 Å². The topological polar surface area (TPSA) is 85.9 Å². The zero-order valence-electron chi connectivity index (χ0n) is 16.6. The minimum absolute atomic E-state index is 0.0223. The van der Waals surface area contributed by atoms with Gasteiger partial charge in [-0.2, -0.15) is 0 Å². The lowest BCUT2D eigenvalue weighted by atomic mass is 10.2. The molecule has 0 aliphatic rings. The third-order valence-electron chi connectivity index (χ3n) is 3.78. The molecular weight excluding hydrogens is 360 g/mol. The first-order chi connectivity index (χ1) is 13.4. The number of hydrogen-bond donors (Lipinski definition) is 2. The Labute approximate surface area is 165 Å². The number of carbonyl (C=O) groups excluding carboxylic acids is 2. The smallest absolute Gasteiger partial charge is 0.276 e. The summed E-state index contributed by atoms with van der Waals surface area (Å²) in [5.41, 5.74) is 6.12. The van der Waals surface area contributed by atoms with E-state index in [4.69, 9.17) is 14.2 Å². The number of hydrazine groups is 1. The fourth-order valence-corrected chi connectivity index (χ4v) is 2.40. The van der Waals surface area contributed by atoms with E-state index in [9.17, 15) is 9.59 Å². The Morgan fingerprint density at radius 2 is 1.82 bits per heavy atom. The van der Waals surface area contributed by atoms with Crippen LogP contribution < -0.4 is 25.1 Å². The minimum atomic E-state index is -0.476. The van der Waals surface area contributed by atoms with Crippen molar-refractivity contribution in [3.8, 4) is 17.2 Å². The van der Waals surface area contributed by atoms with E-state index in [1.54, 1.807) is 24.3 Å². The summed E-state index contributed by atoms with van der Waals surface area (Å²) in [5, 5.41) is 0. The third kappa shape index (κ3) is 6.19. The summed E-state index contributed by atoms with van der Waals surface area (Å²) in [6.45, 7) is 5.63. The molecule has 7 heteroatoms. The van der Waals surface area contributed by atoms with Gasteiger partial charge in [0.1, 0.15) is 5.75 Å². The third-order valence-corrected chi connectivity index (χ3v) is 3.78. The average molecular weight is 386 g/mol. The van der Waals surface area contributed by atoms with Gasteiger partial charge in [0.05, 0.1) is 13.2 Å². The van der Waals surface area contributed by atoms with Crippen LogP contribution >= 0.6 is 0 Å². The van der Waals surface area contributed by atoms with Gasteiger partial charge in [-0.1, -0.05) is 19.1 Å². The van der Waals surface area contributed by atoms with Gasteiger partial charge in [0.25, 0.3) is 11.8 Å². The largest absolute Gasteiger partial charge is 0.493 e. The molecule has 0 atom stereocenters. The van der Waals surface area contributed by atoms with Crippen molar-refractivity contribution in [1.82, 2.24) is 10.9 Å². The number of carbonyl (C=O) groups is 2. The average Bonchev–Trinajstić information content (AvgIpc) is 2.70. The number of aryl methyl sites for hydroxylation is 1. The highest BCUT2D eigenvalue weighted by Crippen LogP contribution is 2.28. The van der Waals surface area contributed by atoms with Gasteiger partial charge in [0.15, 0.2) is 18.1 Å². The van der Waals surface area contributed by atoms with E-state index in [1.807, 2.05) is 39.0 Å². The van der Waals surface area contributed by atoms with Crippen LogP contribution in [0.1, 0.15) is 36.7 Å². The zero-order valence-corrected chi connectivity index (χ0v) is 16.6. The SMILES string of the molecule is CCc1cccc(OCC(=O)NNC(=O)c2ccc(OC(C)C)c(OC)c2)c1. The molecule has 2 aromatic rings. The minimum Gasteiger partial charge on any atom is -0.493 e. The maximum Gasteiger partial charge on any atom is 0.276 e. The summed E-state index contributed by atoms with van der Waals surface area (Å²) in [7, 11) is 1.50. The molecule has 0 saturated carbocycles. The monoisotopic (exact) mass is 386 g/mol. The van der Waals surface area contributed by atoms with Gasteiger partial charge in [-0.25, -0.2) is 0 Å². The lowest BCUT2D eigenvalue weighted by Crippen LogP contribution is -2.43. The molecule has 28 heavy (non-hydrogen) atoms. The molecule has 2 rings (SSSR count). The molecule has 0 spiro atoms. The second-order valence-corrected chi connectivity index (χ2v) is 6.32. The molecule has 2 amide bonds. The van der Waals surface area contributed by atoms with Crippen LogP contribution in [0, 0.1) is 0 Å². The van der Waals surface area contributed by atoms with E-state index in [1.165, 1.54) is 7.11 Å². The second kappa shape index (κ2) is 10.2. The van der Waals surface area contributed by atoms with Gasteiger partial charge in [-0.3, -0.25) is 20.4 Å². The van der Waals surface area contributed by atoms with Crippen LogP contribution in [-0.4, -0.2) is 31.6 Å². The highest BCUT2D eigenvalue weighted by Gasteiger charge is 2.13. The lowest BCUT2D eigenvalue weighted by Gasteiger charge is -2.14. The van der Waals surface area contributed by atoms with E-state index in [0.29, 0.717) is 22.8 Å². The van der Waals surface area contributed by atoms with E-state index < -0.39 is 11.8 Å². The predicted octanol–water partition coefficient (Wildman–Crippen LogP) is 2.88. The predicted molar refractivity (Wildman–Crippen MR) is 106 cm³/mol. The van der Waals surface area contributed by atoms with Crippen molar-refractivity contribution < 1.29 is 23.8 Å². The Morgan fingerprint density at radius 1 is 1.04 bits per heavy atom. The first-order valence-corrected chi connectivity index (χ1v) is 9.08. The fourth-order valence-electron chi connectivity index (χ4n) is 2.40. The Hall–Kier alpha value is -3.22. The van der Waals surface area contributed by atoms with Crippen molar-refractivity contribution in [1.29, 1.82) is 0 Å². The number of ether oxygens (including phenoxy) is 3. The van der Waals surface area contributed by atoms with Crippen LogP contribution in [0.4, 0.5) is 0 Å². The molecule has 2 aromatic carbocycles. The van der Waals surface area contributed by atoms with Crippen molar-refractivity contribution in [2.24, 2.45) is 0 Å². The quantitative estimate of drug-likeness (QED) is 0.682. The number of hydrogen-bond acceptors (Lipinski definition) is 5.